The fraction of sp³-hybridized carbons (Fsp3) is 0.417. The normalized spacial score (nSPS) is 11.6. The zero-order valence-electron chi connectivity index (χ0n) is 9.44. The highest BCUT2D eigenvalue weighted by Gasteiger charge is 2.09. The maximum Gasteiger partial charge on any atom is 0.142 e. The van der Waals surface area contributed by atoms with E-state index in [0.29, 0.717) is 11.1 Å². The Bertz CT molecular complexity index is 505. The molecule has 0 aromatic carbocycles. The quantitative estimate of drug-likeness (QED) is 0.835. The van der Waals surface area contributed by atoms with Crippen LogP contribution in [0.3, 0.4) is 0 Å². The van der Waals surface area contributed by atoms with Crippen molar-refractivity contribution in [3.05, 3.63) is 29.0 Å². The first-order chi connectivity index (χ1) is 7.61. The van der Waals surface area contributed by atoms with Gasteiger partial charge < -0.3 is 9.67 Å². The van der Waals surface area contributed by atoms with Crippen LogP contribution >= 0.6 is 11.6 Å². The van der Waals surface area contributed by atoms with Gasteiger partial charge in [0.1, 0.15) is 10.8 Å². The number of fused-ring (bicyclic) bond motifs is 1. The summed E-state index contributed by atoms with van der Waals surface area (Å²) < 4.78 is 2.07. The number of hydrogen-bond acceptors (Lipinski definition) is 2. The Labute approximate surface area is 99.7 Å². The van der Waals surface area contributed by atoms with E-state index < -0.39 is 0 Å². The van der Waals surface area contributed by atoms with E-state index in [0.717, 1.165) is 23.1 Å². The molecule has 2 rings (SSSR count). The predicted octanol–water partition coefficient (Wildman–Crippen LogP) is 2.84. The van der Waals surface area contributed by atoms with Crippen molar-refractivity contribution in [1.29, 1.82) is 0 Å². The van der Waals surface area contributed by atoms with Crippen LogP contribution in [0.1, 0.15) is 19.4 Å². The molecule has 0 aliphatic rings. The molecule has 0 saturated carbocycles. The first-order valence-corrected chi connectivity index (χ1v) is 5.74. The first kappa shape index (κ1) is 11.4. The van der Waals surface area contributed by atoms with Gasteiger partial charge in [0.2, 0.25) is 0 Å². The van der Waals surface area contributed by atoms with E-state index in [4.69, 9.17) is 11.6 Å². The van der Waals surface area contributed by atoms with Crippen LogP contribution < -0.4 is 0 Å². The van der Waals surface area contributed by atoms with Gasteiger partial charge in [-0.3, -0.25) is 0 Å². The average molecular weight is 239 g/mol. The molecule has 86 valence electrons. The number of hydrogen-bond donors (Lipinski definition) is 1. The molecule has 0 bridgehead atoms. The maximum atomic E-state index is 9.26. The molecule has 2 heterocycles. The predicted molar refractivity (Wildman–Crippen MR) is 65.5 cm³/mol. The Hall–Kier alpha value is -1.06. The zero-order valence-corrected chi connectivity index (χ0v) is 10.2. The third kappa shape index (κ3) is 2.06. The summed E-state index contributed by atoms with van der Waals surface area (Å²) >= 11 is 5.93. The van der Waals surface area contributed by atoms with E-state index in [1.54, 1.807) is 6.07 Å². The van der Waals surface area contributed by atoms with Crippen molar-refractivity contribution in [3.63, 3.8) is 0 Å². The third-order valence-electron chi connectivity index (χ3n) is 2.52. The number of aromatic nitrogens is 2. The topological polar surface area (TPSA) is 38.0 Å². The number of pyridine rings is 1. The Kier molecular flexibility index (Phi) is 3.17. The van der Waals surface area contributed by atoms with Crippen LogP contribution in [-0.4, -0.2) is 14.7 Å². The molecule has 1 N–H and O–H groups in total. The van der Waals surface area contributed by atoms with Crippen LogP contribution in [0.15, 0.2) is 18.3 Å². The van der Waals surface area contributed by atoms with Crippen LogP contribution in [0.4, 0.5) is 0 Å². The van der Waals surface area contributed by atoms with Gasteiger partial charge >= 0.3 is 0 Å². The molecular formula is C12H15ClN2O. The second kappa shape index (κ2) is 4.44. The van der Waals surface area contributed by atoms with Crippen LogP contribution in [0.5, 0.6) is 0 Å². The fourth-order valence-electron chi connectivity index (χ4n) is 1.87. The number of aliphatic hydroxyl groups excluding tert-OH is 1. The molecule has 0 unspecified atom stereocenters. The monoisotopic (exact) mass is 238 g/mol. The maximum absolute atomic E-state index is 9.26. The highest BCUT2D eigenvalue weighted by Crippen LogP contribution is 2.22. The molecule has 0 atom stereocenters. The van der Waals surface area contributed by atoms with Crippen molar-refractivity contribution in [2.24, 2.45) is 5.92 Å². The second-order valence-electron chi connectivity index (χ2n) is 4.36. The average Bonchev–Trinajstić information content (AvgIpc) is 2.59. The van der Waals surface area contributed by atoms with Gasteiger partial charge in [-0.05, 0) is 23.6 Å². The summed E-state index contributed by atoms with van der Waals surface area (Å²) in [4.78, 5) is 4.31. The van der Waals surface area contributed by atoms with E-state index in [1.165, 1.54) is 0 Å². The van der Waals surface area contributed by atoms with Crippen molar-refractivity contribution in [3.8, 4) is 0 Å². The number of rotatable bonds is 3. The lowest BCUT2D eigenvalue weighted by molar-refractivity contribution is 0.283. The summed E-state index contributed by atoms with van der Waals surface area (Å²) in [6, 6.07) is 3.69. The van der Waals surface area contributed by atoms with Crippen LogP contribution in [0, 0.1) is 5.92 Å². The molecule has 0 fully saturated rings. The largest absolute Gasteiger partial charge is 0.392 e. The molecule has 2 aromatic rings. The number of halogens is 1. The van der Waals surface area contributed by atoms with E-state index in [1.807, 2.05) is 12.3 Å². The lowest BCUT2D eigenvalue weighted by Crippen LogP contribution is -2.04. The second-order valence-corrected chi connectivity index (χ2v) is 4.75. The van der Waals surface area contributed by atoms with Crippen LogP contribution in [-0.2, 0) is 13.2 Å². The van der Waals surface area contributed by atoms with Crippen LogP contribution in [0.2, 0.25) is 5.15 Å². The standard InChI is InChI=1S/C12H15ClN2O/c1-8(2)6-15-4-3-10-9(7-16)5-11(13)14-12(10)15/h3-5,8,16H,6-7H2,1-2H3. The van der Waals surface area contributed by atoms with Gasteiger partial charge in [-0.15, -0.1) is 0 Å². The lowest BCUT2D eigenvalue weighted by atomic mass is 10.2. The summed E-state index contributed by atoms with van der Waals surface area (Å²) in [5, 5.41) is 10.7. The highest BCUT2D eigenvalue weighted by molar-refractivity contribution is 6.29. The summed E-state index contributed by atoms with van der Waals surface area (Å²) in [7, 11) is 0. The van der Waals surface area contributed by atoms with Gasteiger partial charge in [0.15, 0.2) is 0 Å². The van der Waals surface area contributed by atoms with Gasteiger partial charge in [-0.2, -0.15) is 0 Å². The molecule has 3 nitrogen and oxygen atoms in total. The minimum atomic E-state index is -0.00949. The molecule has 16 heavy (non-hydrogen) atoms. The van der Waals surface area contributed by atoms with Crippen molar-refractivity contribution in [2.45, 2.75) is 27.0 Å². The van der Waals surface area contributed by atoms with Crippen molar-refractivity contribution < 1.29 is 5.11 Å². The summed E-state index contributed by atoms with van der Waals surface area (Å²) in [6.07, 6.45) is 1.99. The minimum Gasteiger partial charge on any atom is -0.392 e. The van der Waals surface area contributed by atoms with Gasteiger partial charge in [0, 0.05) is 18.1 Å². The third-order valence-corrected chi connectivity index (χ3v) is 2.71. The molecule has 0 spiro atoms. The van der Waals surface area contributed by atoms with Gasteiger partial charge in [0.05, 0.1) is 6.61 Å². The number of nitrogens with zero attached hydrogens (tertiary/aromatic N) is 2. The zero-order chi connectivity index (χ0) is 11.7. The molecule has 4 heteroatoms. The van der Waals surface area contributed by atoms with Gasteiger partial charge in [-0.25, -0.2) is 4.98 Å². The Morgan fingerprint density at radius 2 is 2.25 bits per heavy atom. The molecule has 0 aliphatic heterocycles. The van der Waals surface area contributed by atoms with Gasteiger partial charge in [0.25, 0.3) is 0 Å². The summed E-state index contributed by atoms with van der Waals surface area (Å²) in [5.41, 5.74) is 1.68. The Morgan fingerprint density at radius 1 is 1.50 bits per heavy atom. The van der Waals surface area contributed by atoms with Crippen LogP contribution in [0.25, 0.3) is 11.0 Å². The minimum absolute atomic E-state index is 0.00949. The molecule has 0 saturated heterocycles. The van der Waals surface area contributed by atoms with E-state index in [2.05, 4.69) is 23.4 Å². The smallest absolute Gasteiger partial charge is 0.142 e. The molecule has 0 amide bonds. The van der Waals surface area contributed by atoms with Crippen molar-refractivity contribution in [2.75, 3.05) is 0 Å². The summed E-state index contributed by atoms with van der Waals surface area (Å²) in [5.74, 6) is 0.550. The number of aliphatic hydroxyl groups is 1. The fourth-order valence-corrected chi connectivity index (χ4v) is 2.08. The molecule has 2 aromatic heterocycles. The molecule has 0 aliphatic carbocycles. The van der Waals surface area contributed by atoms with E-state index in [-0.39, 0.29) is 6.61 Å². The van der Waals surface area contributed by atoms with Gasteiger partial charge in [-0.1, -0.05) is 25.4 Å². The molecular weight excluding hydrogens is 224 g/mol. The van der Waals surface area contributed by atoms with Crippen molar-refractivity contribution >= 4 is 22.6 Å². The van der Waals surface area contributed by atoms with E-state index in [9.17, 15) is 5.11 Å². The SMILES string of the molecule is CC(C)Cn1ccc2c(CO)cc(Cl)nc21. The highest BCUT2D eigenvalue weighted by atomic mass is 35.5. The molecule has 0 radical (unpaired) electrons. The Balaban J connectivity index is 2.58. The first-order valence-electron chi connectivity index (χ1n) is 5.37. The van der Waals surface area contributed by atoms with Crippen molar-refractivity contribution in [1.82, 2.24) is 9.55 Å². The lowest BCUT2D eigenvalue weighted by Gasteiger charge is -2.08. The Morgan fingerprint density at radius 3 is 2.88 bits per heavy atom. The summed E-state index contributed by atoms with van der Waals surface area (Å²) in [6.45, 7) is 5.21. The van der Waals surface area contributed by atoms with E-state index >= 15 is 0 Å².